The molecule has 30 heavy (non-hydrogen) atoms. The molecule has 1 aliphatic rings. The van der Waals surface area contributed by atoms with E-state index in [1.54, 1.807) is 10.7 Å². The molecule has 1 fully saturated rings. The van der Waals surface area contributed by atoms with Gasteiger partial charge in [0, 0.05) is 29.0 Å². The van der Waals surface area contributed by atoms with Gasteiger partial charge in [0.05, 0.1) is 16.6 Å². The minimum Gasteiger partial charge on any atom is -0.311 e. The first-order chi connectivity index (χ1) is 14.5. The third-order valence-electron chi connectivity index (χ3n) is 6.87. The van der Waals surface area contributed by atoms with E-state index in [0.717, 1.165) is 34.4 Å². The lowest BCUT2D eigenvalue weighted by atomic mass is 9.78. The largest absolute Gasteiger partial charge is 0.311 e. The van der Waals surface area contributed by atoms with Crippen LogP contribution in [0.15, 0.2) is 47.5 Å². The molecule has 154 valence electrons. The van der Waals surface area contributed by atoms with Crippen LogP contribution in [0.3, 0.4) is 0 Å². The Morgan fingerprint density at radius 3 is 2.63 bits per heavy atom. The zero-order valence-corrected chi connectivity index (χ0v) is 18.2. The molecule has 1 saturated carbocycles. The van der Waals surface area contributed by atoms with Gasteiger partial charge in [-0.1, -0.05) is 50.4 Å². The fourth-order valence-electron chi connectivity index (χ4n) is 4.95. The first-order valence-electron chi connectivity index (χ1n) is 10.6. The number of benzene rings is 1. The summed E-state index contributed by atoms with van der Waals surface area (Å²) in [4.78, 5) is 18.1. The molecule has 0 saturated heterocycles. The van der Waals surface area contributed by atoms with Crippen molar-refractivity contribution in [3.63, 3.8) is 0 Å². The van der Waals surface area contributed by atoms with E-state index >= 15 is 0 Å². The van der Waals surface area contributed by atoms with E-state index in [2.05, 4.69) is 18.8 Å². The summed E-state index contributed by atoms with van der Waals surface area (Å²) in [5.74, 6) is 1.11. The number of nitrogens with zero attached hydrogens (tertiary/aromatic N) is 4. The minimum atomic E-state index is 0.0223. The summed E-state index contributed by atoms with van der Waals surface area (Å²) < 4.78 is 3.72. The normalized spacial score (nSPS) is 22.1. The van der Waals surface area contributed by atoms with Crippen LogP contribution in [0, 0.1) is 18.8 Å². The van der Waals surface area contributed by atoms with Crippen LogP contribution < -0.4 is 5.56 Å². The van der Waals surface area contributed by atoms with Gasteiger partial charge in [-0.25, -0.2) is 9.50 Å². The molecule has 1 aliphatic carbocycles. The van der Waals surface area contributed by atoms with Gasteiger partial charge < -0.3 is 4.57 Å². The molecule has 5 rings (SSSR count). The van der Waals surface area contributed by atoms with Crippen LogP contribution in [0.2, 0.25) is 5.02 Å². The number of halogens is 1. The lowest BCUT2D eigenvalue weighted by molar-refractivity contribution is 0.183. The van der Waals surface area contributed by atoms with E-state index in [1.807, 2.05) is 48.0 Å². The number of hydrogen-bond donors (Lipinski definition) is 0. The molecule has 0 spiro atoms. The van der Waals surface area contributed by atoms with Crippen molar-refractivity contribution in [2.75, 3.05) is 0 Å². The van der Waals surface area contributed by atoms with Crippen molar-refractivity contribution in [2.24, 2.45) is 11.8 Å². The van der Waals surface area contributed by atoms with Crippen LogP contribution in [0.4, 0.5) is 0 Å². The van der Waals surface area contributed by atoms with Gasteiger partial charge in [-0.15, -0.1) is 0 Å². The maximum absolute atomic E-state index is 13.4. The van der Waals surface area contributed by atoms with Crippen molar-refractivity contribution in [1.82, 2.24) is 19.2 Å². The number of aromatic nitrogens is 4. The summed E-state index contributed by atoms with van der Waals surface area (Å²) in [6.07, 6.45) is 7.11. The van der Waals surface area contributed by atoms with Crippen molar-refractivity contribution in [3.05, 3.63) is 63.8 Å². The number of aryl methyl sites for hydroxylation is 1. The van der Waals surface area contributed by atoms with Gasteiger partial charge in [0.15, 0.2) is 5.65 Å². The number of fused-ring (bicyclic) bond motifs is 3. The second-order valence-electron chi connectivity index (χ2n) is 8.62. The Morgan fingerprint density at radius 2 is 1.87 bits per heavy atom. The predicted molar refractivity (Wildman–Crippen MR) is 121 cm³/mol. The van der Waals surface area contributed by atoms with E-state index in [9.17, 15) is 4.79 Å². The fourth-order valence-corrected chi connectivity index (χ4v) is 5.08. The lowest BCUT2D eigenvalue weighted by Gasteiger charge is -2.35. The Labute approximate surface area is 180 Å². The van der Waals surface area contributed by atoms with Gasteiger partial charge in [0.1, 0.15) is 0 Å². The Morgan fingerprint density at radius 1 is 1.10 bits per heavy atom. The van der Waals surface area contributed by atoms with Crippen LogP contribution in [0.1, 0.15) is 44.8 Å². The second kappa shape index (κ2) is 7.24. The van der Waals surface area contributed by atoms with Crippen molar-refractivity contribution in [2.45, 2.75) is 46.1 Å². The van der Waals surface area contributed by atoms with Gasteiger partial charge in [0.2, 0.25) is 0 Å². The van der Waals surface area contributed by atoms with Crippen LogP contribution in [-0.2, 0) is 0 Å². The van der Waals surface area contributed by atoms with Gasteiger partial charge >= 0.3 is 0 Å². The van der Waals surface area contributed by atoms with Crippen molar-refractivity contribution in [3.8, 4) is 11.1 Å². The summed E-state index contributed by atoms with van der Waals surface area (Å²) in [5, 5.41) is 6.03. The number of rotatable bonds is 2. The summed E-state index contributed by atoms with van der Waals surface area (Å²) in [7, 11) is 0. The van der Waals surface area contributed by atoms with E-state index in [4.69, 9.17) is 16.7 Å². The smallest absolute Gasteiger partial charge is 0.261 e. The molecule has 0 aliphatic heterocycles. The monoisotopic (exact) mass is 420 g/mol. The molecule has 0 N–H and O–H groups in total. The molecule has 3 aromatic heterocycles. The Kier molecular flexibility index (Phi) is 4.66. The molecule has 1 aromatic carbocycles. The fraction of sp³-hybridized carbons (Fsp3) is 0.375. The van der Waals surface area contributed by atoms with Crippen molar-refractivity contribution >= 4 is 28.2 Å². The topological polar surface area (TPSA) is 52.2 Å². The molecule has 3 unspecified atom stereocenters. The Balaban J connectivity index is 1.68. The highest BCUT2D eigenvalue weighted by molar-refractivity contribution is 6.30. The van der Waals surface area contributed by atoms with Gasteiger partial charge in [-0.05, 0) is 48.9 Å². The minimum absolute atomic E-state index is 0.0223. The molecule has 5 nitrogen and oxygen atoms in total. The molecule has 6 heteroatoms. The van der Waals surface area contributed by atoms with Crippen molar-refractivity contribution in [1.29, 1.82) is 0 Å². The van der Waals surface area contributed by atoms with Gasteiger partial charge in [0.25, 0.3) is 5.56 Å². The number of pyridine rings is 1. The molecule has 0 amide bonds. The number of hydrogen-bond acceptors (Lipinski definition) is 3. The highest BCUT2D eigenvalue weighted by atomic mass is 35.5. The standard InChI is InChI=1S/C24H25ClN4O/c1-14-5-4-6-20(15(14)2)28-12-11-21-19(24(28)30)13-26-23-22(16(3)27-29(21)23)17-7-9-18(25)10-8-17/h7-15,20H,4-6H2,1-3H3. The molecule has 3 atom stereocenters. The highest BCUT2D eigenvalue weighted by Gasteiger charge is 2.29. The van der Waals surface area contributed by atoms with Crippen molar-refractivity contribution < 1.29 is 0 Å². The molecule has 0 radical (unpaired) electrons. The summed E-state index contributed by atoms with van der Waals surface area (Å²) in [6, 6.07) is 9.93. The van der Waals surface area contributed by atoms with Crippen LogP contribution >= 0.6 is 11.6 Å². The molecule has 0 bridgehead atoms. The Bertz CT molecular complexity index is 1310. The zero-order valence-electron chi connectivity index (χ0n) is 17.5. The first-order valence-corrected chi connectivity index (χ1v) is 11.0. The third kappa shape index (κ3) is 2.95. The summed E-state index contributed by atoms with van der Waals surface area (Å²) >= 11 is 6.05. The van der Waals surface area contributed by atoms with Crippen LogP contribution in [0.5, 0.6) is 0 Å². The maximum atomic E-state index is 13.4. The average molecular weight is 421 g/mol. The molecule has 4 aromatic rings. The SMILES string of the molecule is Cc1nn2c(ncc3c(=O)n(C4CCCC(C)C4C)ccc32)c1-c1ccc(Cl)cc1. The van der Waals surface area contributed by atoms with E-state index < -0.39 is 0 Å². The zero-order chi connectivity index (χ0) is 21.0. The Hall–Kier alpha value is -2.66. The average Bonchev–Trinajstić information content (AvgIpc) is 3.08. The van der Waals surface area contributed by atoms with Gasteiger partial charge in [-0.3, -0.25) is 4.79 Å². The first kappa shape index (κ1) is 19.3. The summed E-state index contributed by atoms with van der Waals surface area (Å²) in [5.41, 5.74) is 4.41. The maximum Gasteiger partial charge on any atom is 0.261 e. The lowest BCUT2D eigenvalue weighted by Crippen LogP contribution is -2.33. The molecular weight excluding hydrogens is 396 g/mol. The van der Waals surface area contributed by atoms with E-state index in [0.29, 0.717) is 22.2 Å². The highest BCUT2D eigenvalue weighted by Crippen LogP contribution is 2.37. The predicted octanol–water partition coefficient (Wildman–Crippen LogP) is 5.67. The van der Waals surface area contributed by atoms with E-state index in [1.165, 1.54) is 12.8 Å². The third-order valence-corrected chi connectivity index (χ3v) is 7.12. The second-order valence-corrected chi connectivity index (χ2v) is 9.06. The quantitative estimate of drug-likeness (QED) is 0.419. The van der Waals surface area contributed by atoms with E-state index in [-0.39, 0.29) is 11.6 Å². The molecule has 3 heterocycles. The van der Waals surface area contributed by atoms with Gasteiger partial charge in [-0.2, -0.15) is 5.10 Å². The van der Waals surface area contributed by atoms with Crippen LogP contribution in [-0.4, -0.2) is 19.2 Å². The summed E-state index contributed by atoms with van der Waals surface area (Å²) in [6.45, 7) is 6.53. The van der Waals surface area contributed by atoms with Crippen LogP contribution in [0.25, 0.3) is 27.7 Å². The molecular formula is C24H25ClN4O.